The number of nitrogens with one attached hydrogen (secondary N) is 1. The van der Waals surface area contributed by atoms with Gasteiger partial charge in [-0.1, -0.05) is 12.1 Å². The van der Waals surface area contributed by atoms with Crippen LogP contribution in [-0.2, 0) is 0 Å². The zero-order chi connectivity index (χ0) is 18.0. The van der Waals surface area contributed by atoms with Crippen molar-refractivity contribution in [2.24, 2.45) is 4.99 Å². The smallest absolute Gasteiger partial charge is 0.264 e. The number of aromatic amines is 1. The molecule has 3 N–H and O–H groups in total. The average Bonchev–Trinajstić information content (AvgIpc) is 2.57. The van der Waals surface area contributed by atoms with Crippen molar-refractivity contribution in [3.05, 3.63) is 75.0 Å². The molecule has 3 aromatic rings. The lowest BCUT2D eigenvalue weighted by Crippen LogP contribution is -2.18. The van der Waals surface area contributed by atoms with Crippen LogP contribution in [0.3, 0.4) is 0 Å². The van der Waals surface area contributed by atoms with E-state index in [1.165, 1.54) is 34.9 Å². The molecule has 0 aliphatic heterocycles. The average molecular weight is 357 g/mol. The number of benzene rings is 2. The fraction of sp³-hybridized carbons (Fsp3) is 0. The highest BCUT2D eigenvalue weighted by molar-refractivity contribution is 7.71. The molecular formula is C17H12FN3O3S. The summed E-state index contributed by atoms with van der Waals surface area (Å²) in [5.41, 5.74) is -0.185. The number of halogens is 1. The lowest BCUT2D eigenvalue weighted by atomic mass is 10.2. The molecule has 0 atom stereocenters. The number of H-pyrrole nitrogens is 1. The maximum absolute atomic E-state index is 13.1. The summed E-state index contributed by atoms with van der Waals surface area (Å²) in [5, 5.41) is 20.2. The van der Waals surface area contributed by atoms with Gasteiger partial charge in [-0.2, -0.15) is 0 Å². The number of aliphatic imine (C=N–C) groups is 1. The number of phenolic OH excluding ortho intramolecular Hbond substituents is 1. The van der Waals surface area contributed by atoms with Gasteiger partial charge in [0.15, 0.2) is 4.77 Å². The van der Waals surface area contributed by atoms with Crippen molar-refractivity contribution in [3.63, 3.8) is 0 Å². The number of phenols is 1. The standard InChI is InChI=1S/C17H12FN3O3S/c18-10-5-7-11(8-6-10)21-16(24)12(15(23)20-17(21)25)9-19-13-3-1-2-4-14(13)22/h1-9,22,24H,(H,20,23,25). The Hall–Kier alpha value is -3.26. The fourth-order valence-electron chi connectivity index (χ4n) is 2.19. The quantitative estimate of drug-likeness (QED) is 0.496. The Labute approximate surface area is 146 Å². The Morgan fingerprint density at radius 2 is 1.80 bits per heavy atom. The number of hydrogen-bond acceptors (Lipinski definition) is 5. The van der Waals surface area contributed by atoms with E-state index in [4.69, 9.17) is 12.2 Å². The van der Waals surface area contributed by atoms with Crippen LogP contribution in [0.4, 0.5) is 10.1 Å². The molecule has 8 heteroatoms. The summed E-state index contributed by atoms with van der Waals surface area (Å²) in [6.45, 7) is 0. The minimum atomic E-state index is -0.639. The molecule has 3 rings (SSSR count). The van der Waals surface area contributed by atoms with Gasteiger partial charge in [-0.15, -0.1) is 0 Å². The molecule has 0 amide bonds. The molecule has 0 spiro atoms. The number of nitrogens with zero attached hydrogens (tertiary/aromatic N) is 2. The minimum absolute atomic E-state index is 0.0474. The van der Waals surface area contributed by atoms with E-state index in [2.05, 4.69) is 9.98 Å². The maximum atomic E-state index is 13.1. The van der Waals surface area contributed by atoms with Crippen LogP contribution in [0.15, 0.2) is 58.3 Å². The van der Waals surface area contributed by atoms with Gasteiger partial charge in [0.1, 0.15) is 22.8 Å². The van der Waals surface area contributed by atoms with Crippen LogP contribution < -0.4 is 5.56 Å². The SMILES string of the molecule is O=c1[nH]c(=S)n(-c2ccc(F)cc2)c(O)c1C=Nc1ccccc1O. The molecule has 0 aliphatic rings. The Morgan fingerprint density at radius 1 is 1.12 bits per heavy atom. The molecule has 0 saturated heterocycles. The van der Waals surface area contributed by atoms with Gasteiger partial charge >= 0.3 is 0 Å². The van der Waals surface area contributed by atoms with E-state index in [0.29, 0.717) is 5.69 Å². The first kappa shape index (κ1) is 16.6. The Morgan fingerprint density at radius 3 is 2.48 bits per heavy atom. The van der Waals surface area contributed by atoms with Crippen LogP contribution in [0.2, 0.25) is 0 Å². The Bertz CT molecular complexity index is 1070. The van der Waals surface area contributed by atoms with E-state index in [-0.39, 0.29) is 21.8 Å². The predicted octanol–water partition coefficient (Wildman–Crippen LogP) is 3.20. The van der Waals surface area contributed by atoms with Crippen molar-refractivity contribution in [1.29, 1.82) is 0 Å². The van der Waals surface area contributed by atoms with Crippen molar-refractivity contribution >= 4 is 24.1 Å². The minimum Gasteiger partial charge on any atom is -0.506 e. The monoisotopic (exact) mass is 357 g/mol. The van der Waals surface area contributed by atoms with Crippen LogP contribution in [0.5, 0.6) is 11.6 Å². The van der Waals surface area contributed by atoms with Gasteiger partial charge in [-0.3, -0.25) is 19.3 Å². The number of aromatic hydroxyl groups is 2. The summed E-state index contributed by atoms with van der Waals surface area (Å²) in [7, 11) is 0. The number of aromatic nitrogens is 2. The zero-order valence-corrected chi connectivity index (χ0v) is 13.5. The van der Waals surface area contributed by atoms with Crippen molar-refractivity contribution in [2.75, 3.05) is 0 Å². The highest BCUT2D eigenvalue weighted by Gasteiger charge is 2.13. The second kappa shape index (κ2) is 6.70. The molecule has 0 unspecified atom stereocenters. The highest BCUT2D eigenvalue weighted by Crippen LogP contribution is 2.25. The molecule has 1 heterocycles. The van der Waals surface area contributed by atoms with E-state index >= 15 is 0 Å². The number of rotatable bonds is 3. The van der Waals surface area contributed by atoms with Crippen LogP contribution in [0, 0.1) is 10.6 Å². The summed E-state index contributed by atoms with van der Waals surface area (Å²) in [5.74, 6) is -0.957. The number of hydrogen-bond donors (Lipinski definition) is 3. The second-order valence-electron chi connectivity index (χ2n) is 5.06. The predicted molar refractivity (Wildman–Crippen MR) is 94.2 cm³/mol. The molecule has 0 saturated carbocycles. The summed E-state index contributed by atoms with van der Waals surface area (Å²) in [4.78, 5) is 18.5. The first-order valence-electron chi connectivity index (χ1n) is 7.13. The van der Waals surface area contributed by atoms with Gasteiger partial charge in [0.2, 0.25) is 5.88 Å². The van der Waals surface area contributed by atoms with Gasteiger partial charge in [0.25, 0.3) is 5.56 Å². The maximum Gasteiger partial charge on any atom is 0.264 e. The molecule has 2 aromatic carbocycles. The van der Waals surface area contributed by atoms with Gasteiger partial charge in [0.05, 0.1) is 5.69 Å². The van der Waals surface area contributed by atoms with Crippen LogP contribution in [0.25, 0.3) is 5.69 Å². The van der Waals surface area contributed by atoms with E-state index in [1.807, 2.05) is 0 Å². The highest BCUT2D eigenvalue weighted by atomic mass is 32.1. The normalized spacial score (nSPS) is 11.1. The van der Waals surface area contributed by atoms with Gasteiger partial charge in [0, 0.05) is 6.21 Å². The second-order valence-corrected chi connectivity index (χ2v) is 5.44. The molecule has 0 bridgehead atoms. The van der Waals surface area contributed by atoms with Gasteiger partial charge in [-0.05, 0) is 48.6 Å². The summed E-state index contributed by atoms with van der Waals surface area (Å²) < 4.78 is 14.2. The van der Waals surface area contributed by atoms with Crippen LogP contribution in [-0.4, -0.2) is 26.0 Å². The van der Waals surface area contributed by atoms with E-state index in [9.17, 15) is 19.4 Å². The molecule has 0 aliphatic carbocycles. The molecule has 6 nitrogen and oxygen atoms in total. The summed E-state index contributed by atoms with van der Waals surface area (Å²) >= 11 is 5.07. The molecule has 0 radical (unpaired) electrons. The van der Waals surface area contributed by atoms with Crippen molar-refractivity contribution in [2.45, 2.75) is 0 Å². The Kier molecular flexibility index (Phi) is 4.44. The molecule has 25 heavy (non-hydrogen) atoms. The molecule has 1 aromatic heterocycles. The largest absolute Gasteiger partial charge is 0.506 e. The third-order valence-electron chi connectivity index (χ3n) is 3.42. The fourth-order valence-corrected chi connectivity index (χ4v) is 2.48. The van der Waals surface area contributed by atoms with Crippen LogP contribution in [0.1, 0.15) is 5.56 Å². The van der Waals surface area contributed by atoms with Crippen molar-refractivity contribution in [1.82, 2.24) is 9.55 Å². The van der Waals surface area contributed by atoms with Gasteiger partial charge < -0.3 is 10.2 Å². The van der Waals surface area contributed by atoms with Gasteiger partial charge in [-0.25, -0.2) is 4.39 Å². The lowest BCUT2D eigenvalue weighted by Gasteiger charge is -2.11. The molecule has 126 valence electrons. The molecule has 0 fully saturated rings. The van der Waals surface area contributed by atoms with Crippen molar-refractivity contribution < 1.29 is 14.6 Å². The molecular weight excluding hydrogens is 345 g/mol. The lowest BCUT2D eigenvalue weighted by molar-refractivity contribution is 0.432. The summed E-state index contributed by atoms with van der Waals surface area (Å²) in [6, 6.07) is 11.5. The van der Waals surface area contributed by atoms with E-state index in [0.717, 1.165) is 6.21 Å². The van der Waals surface area contributed by atoms with E-state index < -0.39 is 17.3 Å². The topological polar surface area (TPSA) is 90.6 Å². The number of para-hydroxylation sites is 2. The summed E-state index contributed by atoms with van der Waals surface area (Å²) in [6.07, 6.45) is 1.12. The first-order chi connectivity index (χ1) is 12.0. The Balaban J connectivity index is 2.14. The zero-order valence-electron chi connectivity index (χ0n) is 12.7. The van der Waals surface area contributed by atoms with Crippen LogP contribution >= 0.6 is 12.2 Å². The third-order valence-corrected chi connectivity index (χ3v) is 3.70. The first-order valence-corrected chi connectivity index (χ1v) is 7.54. The third kappa shape index (κ3) is 3.33. The van der Waals surface area contributed by atoms with Crippen molar-refractivity contribution in [3.8, 4) is 17.3 Å². The van der Waals surface area contributed by atoms with E-state index in [1.54, 1.807) is 18.2 Å².